The molecule has 0 spiro atoms. The average molecular weight is 242 g/mol. The molecule has 0 atom stereocenters. The molecule has 94 valence electrons. The van der Waals surface area contributed by atoms with Crippen LogP contribution >= 0.6 is 0 Å². The first-order chi connectivity index (χ1) is 8.06. The van der Waals surface area contributed by atoms with Gasteiger partial charge in [-0.05, 0) is 12.1 Å². The van der Waals surface area contributed by atoms with Crippen LogP contribution in [0.25, 0.3) is 0 Å². The molecule has 5 N–H and O–H groups in total. The molecule has 1 rings (SSSR count). The zero-order valence-electron chi connectivity index (χ0n) is 9.00. The van der Waals surface area contributed by atoms with Gasteiger partial charge in [0.1, 0.15) is 11.4 Å². The van der Waals surface area contributed by atoms with Crippen LogP contribution in [-0.4, -0.2) is 56.7 Å². The molecular weight excluding hydrogens is 228 g/mol. The summed E-state index contributed by atoms with van der Waals surface area (Å²) in [5.74, 6) is -0.958. The summed E-state index contributed by atoms with van der Waals surface area (Å²) in [6.45, 7) is -1.54. The molecule has 7 nitrogen and oxygen atoms in total. The van der Waals surface area contributed by atoms with Crippen molar-refractivity contribution in [1.82, 2.24) is 4.98 Å². The predicted molar refractivity (Wildman–Crippen MR) is 58.8 cm³/mol. The number of carboxylic acids is 1. The summed E-state index contributed by atoms with van der Waals surface area (Å²) < 4.78 is 0. The summed E-state index contributed by atoms with van der Waals surface area (Å²) in [4.78, 5) is 14.6. The van der Waals surface area contributed by atoms with E-state index >= 15 is 0 Å². The minimum absolute atomic E-state index is 0.0187. The maximum atomic E-state index is 10.7. The number of pyridine rings is 1. The number of aliphatic hydroxyl groups excluding tert-OH is 3. The lowest BCUT2D eigenvalue weighted by atomic mass is 10.0. The Morgan fingerprint density at radius 2 is 1.88 bits per heavy atom. The zero-order valence-corrected chi connectivity index (χ0v) is 9.00. The monoisotopic (exact) mass is 242 g/mol. The molecule has 0 unspecified atom stereocenters. The topological polar surface area (TPSA) is 123 Å². The number of hydrogen-bond donors (Lipinski definition) is 5. The van der Waals surface area contributed by atoms with Crippen LogP contribution < -0.4 is 5.32 Å². The molecule has 0 aliphatic heterocycles. The van der Waals surface area contributed by atoms with Crippen molar-refractivity contribution in [2.75, 3.05) is 25.1 Å². The number of anilines is 1. The molecule has 0 saturated heterocycles. The average Bonchev–Trinajstić information content (AvgIpc) is 2.36. The molecule has 0 fully saturated rings. The molecule has 1 aromatic rings. The Labute approximate surface area is 97.4 Å². The Balaban J connectivity index is 2.93. The van der Waals surface area contributed by atoms with Crippen LogP contribution in [-0.2, 0) is 0 Å². The predicted octanol–water partition coefficient (Wildman–Crippen LogP) is -1.09. The number of rotatable bonds is 6. The van der Waals surface area contributed by atoms with Crippen molar-refractivity contribution < 1.29 is 25.2 Å². The van der Waals surface area contributed by atoms with Crippen LogP contribution in [0.2, 0.25) is 0 Å². The van der Waals surface area contributed by atoms with Gasteiger partial charge in [0.2, 0.25) is 0 Å². The van der Waals surface area contributed by atoms with Crippen LogP contribution in [0, 0.1) is 0 Å². The highest BCUT2D eigenvalue weighted by Crippen LogP contribution is 2.14. The molecule has 0 aliphatic rings. The Morgan fingerprint density at radius 1 is 1.29 bits per heavy atom. The number of aromatic nitrogens is 1. The van der Waals surface area contributed by atoms with E-state index in [-0.39, 0.29) is 11.4 Å². The van der Waals surface area contributed by atoms with Gasteiger partial charge in [-0.3, -0.25) is 0 Å². The molecular formula is C10H14N2O5. The van der Waals surface area contributed by atoms with Gasteiger partial charge >= 0.3 is 5.97 Å². The van der Waals surface area contributed by atoms with E-state index < -0.39 is 31.3 Å². The van der Waals surface area contributed by atoms with Crippen molar-refractivity contribution in [3.05, 3.63) is 23.9 Å². The SMILES string of the molecule is O=C(O)c1ccnc(NC(CO)(CO)CO)c1. The molecule has 0 amide bonds. The highest BCUT2D eigenvalue weighted by molar-refractivity contribution is 5.88. The van der Waals surface area contributed by atoms with E-state index in [2.05, 4.69) is 10.3 Å². The molecule has 0 saturated carbocycles. The second kappa shape index (κ2) is 5.58. The molecule has 1 aromatic heterocycles. The minimum atomic E-state index is -1.33. The Bertz CT molecular complexity index is 384. The fourth-order valence-electron chi connectivity index (χ4n) is 1.17. The van der Waals surface area contributed by atoms with E-state index in [4.69, 9.17) is 20.4 Å². The van der Waals surface area contributed by atoms with Gasteiger partial charge in [-0.25, -0.2) is 9.78 Å². The van der Waals surface area contributed by atoms with E-state index in [9.17, 15) is 4.79 Å². The Kier molecular flexibility index (Phi) is 4.38. The number of carboxylic acid groups (broad SMARTS) is 1. The van der Waals surface area contributed by atoms with E-state index in [1.165, 1.54) is 18.3 Å². The van der Waals surface area contributed by atoms with E-state index in [0.717, 1.165) is 0 Å². The van der Waals surface area contributed by atoms with Crippen molar-refractivity contribution in [2.45, 2.75) is 5.54 Å². The summed E-state index contributed by atoms with van der Waals surface area (Å²) in [5, 5.41) is 38.7. The smallest absolute Gasteiger partial charge is 0.335 e. The Hall–Kier alpha value is -1.70. The van der Waals surface area contributed by atoms with Gasteiger partial charge in [0.25, 0.3) is 0 Å². The van der Waals surface area contributed by atoms with Gasteiger partial charge < -0.3 is 25.7 Å². The zero-order chi connectivity index (χ0) is 12.9. The summed E-state index contributed by atoms with van der Waals surface area (Å²) >= 11 is 0. The number of carbonyl (C=O) groups is 1. The number of hydrogen-bond acceptors (Lipinski definition) is 6. The molecule has 0 bridgehead atoms. The first kappa shape index (κ1) is 13.4. The maximum absolute atomic E-state index is 10.7. The molecule has 7 heteroatoms. The largest absolute Gasteiger partial charge is 0.478 e. The first-order valence-electron chi connectivity index (χ1n) is 4.87. The standard InChI is InChI=1S/C10H14N2O5/c13-4-10(5-14,6-15)12-8-3-7(9(16)17)1-2-11-8/h1-3,13-15H,4-6H2,(H,11,12)(H,16,17). The van der Waals surface area contributed by atoms with Gasteiger partial charge in [0.15, 0.2) is 0 Å². The third kappa shape index (κ3) is 3.13. The Morgan fingerprint density at radius 3 is 2.35 bits per heavy atom. The van der Waals surface area contributed by atoms with Crippen molar-refractivity contribution >= 4 is 11.8 Å². The lowest BCUT2D eigenvalue weighted by Gasteiger charge is -2.29. The number of aromatic carboxylic acids is 1. The summed E-state index contributed by atoms with van der Waals surface area (Å²) in [5.41, 5.74) is -1.31. The molecule has 0 aliphatic carbocycles. The van der Waals surface area contributed by atoms with Crippen LogP contribution in [0.4, 0.5) is 5.82 Å². The van der Waals surface area contributed by atoms with E-state index in [1.54, 1.807) is 0 Å². The van der Waals surface area contributed by atoms with Crippen molar-refractivity contribution in [3.8, 4) is 0 Å². The first-order valence-corrected chi connectivity index (χ1v) is 4.87. The van der Waals surface area contributed by atoms with Crippen LogP contribution in [0.1, 0.15) is 10.4 Å². The number of nitrogens with zero attached hydrogens (tertiary/aromatic N) is 1. The summed E-state index contributed by atoms with van der Waals surface area (Å²) in [6, 6.07) is 2.56. The molecule has 17 heavy (non-hydrogen) atoms. The van der Waals surface area contributed by atoms with Crippen molar-refractivity contribution in [2.24, 2.45) is 0 Å². The highest BCUT2D eigenvalue weighted by Gasteiger charge is 2.28. The van der Waals surface area contributed by atoms with Gasteiger partial charge in [-0.15, -0.1) is 0 Å². The quantitative estimate of drug-likeness (QED) is 0.429. The fourth-order valence-corrected chi connectivity index (χ4v) is 1.17. The van der Waals surface area contributed by atoms with E-state index in [0.29, 0.717) is 0 Å². The molecule has 0 aromatic carbocycles. The van der Waals surface area contributed by atoms with E-state index in [1.807, 2.05) is 0 Å². The second-order valence-corrected chi connectivity index (χ2v) is 3.61. The lowest BCUT2D eigenvalue weighted by molar-refractivity contribution is 0.0697. The second-order valence-electron chi connectivity index (χ2n) is 3.61. The maximum Gasteiger partial charge on any atom is 0.335 e. The molecule has 1 heterocycles. The van der Waals surface area contributed by atoms with Gasteiger partial charge in [-0.2, -0.15) is 0 Å². The number of nitrogens with one attached hydrogen (secondary N) is 1. The summed E-state index contributed by atoms with van der Waals surface area (Å²) in [7, 11) is 0. The lowest BCUT2D eigenvalue weighted by Crippen LogP contribution is -2.49. The minimum Gasteiger partial charge on any atom is -0.478 e. The number of aliphatic hydroxyl groups is 3. The normalized spacial score (nSPS) is 11.2. The van der Waals surface area contributed by atoms with Crippen LogP contribution in [0.3, 0.4) is 0 Å². The third-order valence-corrected chi connectivity index (χ3v) is 2.31. The summed E-state index contributed by atoms with van der Waals surface area (Å²) in [6.07, 6.45) is 1.28. The third-order valence-electron chi connectivity index (χ3n) is 2.31. The van der Waals surface area contributed by atoms with Crippen LogP contribution in [0.5, 0.6) is 0 Å². The fraction of sp³-hybridized carbons (Fsp3) is 0.400. The van der Waals surface area contributed by atoms with Crippen molar-refractivity contribution in [1.29, 1.82) is 0 Å². The van der Waals surface area contributed by atoms with Gasteiger partial charge in [0.05, 0.1) is 25.4 Å². The molecule has 0 radical (unpaired) electrons. The van der Waals surface area contributed by atoms with Gasteiger partial charge in [-0.1, -0.05) is 0 Å². The van der Waals surface area contributed by atoms with Gasteiger partial charge in [0, 0.05) is 6.20 Å². The highest BCUT2D eigenvalue weighted by atomic mass is 16.4. The van der Waals surface area contributed by atoms with Crippen molar-refractivity contribution in [3.63, 3.8) is 0 Å². The van der Waals surface area contributed by atoms with Crippen LogP contribution in [0.15, 0.2) is 18.3 Å².